The molecule has 0 unspecified atom stereocenters. The van der Waals surface area contributed by atoms with Gasteiger partial charge in [0.15, 0.2) is 0 Å². The van der Waals surface area contributed by atoms with E-state index in [1.807, 2.05) is 18.2 Å². The molecular weight excluding hydrogens is 328 g/mol. The van der Waals surface area contributed by atoms with Crippen LogP contribution in [-0.4, -0.2) is 11.8 Å². The summed E-state index contributed by atoms with van der Waals surface area (Å²) in [5.41, 5.74) is 14.4. The van der Waals surface area contributed by atoms with Crippen molar-refractivity contribution < 1.29 is 9.59 Å². The average molecular weight is 346 g/mol. The highest BCUT2D eigenvalue weighted by molar-refractivity contribution is 6.10. The molecule has 130 valence electrons. The summed E-state index contributed by atoms with van der Waals surface area (Å²) in [5, 5.41) is 5.51. The number of carbonyl (C=O) groups excluding carboxylic acids is 2. The summed E-state index contributed by atoms with van der Waals surface area (Å²) in [5.74, 6) is -0.657. The van der Waals surface area contributed by atoms with Crippen molar-refractivity contribution in [3.63, 3.8) is 0 Å². The molecule has 2 amide bonds. The molecular formula is C20H18N4O2. The fourth-order valence-corrected chi connectivity index (χ4v) is 2.40. The molecule has 0 aliphatic rings. The topological polar surface area (TPSA) is 110 Å². The fourth-order valence-electron chi connectivity index (χ4n) is 2.40. The summed E-state index contributed by atoms with van der Waals surface area (Å²) in [7, 11) is 0. The van der Waals surface area contributed by atoms with Crippen molar-refractivity contribution in [1.82, 2.24) is 0 Å². The molecule has 0 aromatic heterocycles. The van der Waals surface area contributed by atoms with Crippen LogP contribution >= 0.6 is 0 Å². The van der Waals surface area contributed by atoms with Crippen molar-refractivity contribution in [1.29, 1.82) is 0 Å². The second-order valence-corrected chi connectivity index (χ2v) is 5.70. The number of benzene rings is 3. The highest BCUT2D eigenvalue weighted by Gasteiger charge is 2.13. The summed E-state index contributed by atoms with van der Waals surface area (Å²) < 4.78 is 0. The summed E-state index contributed by atoms with van der Waals surface area (Å²) in [4.78, 5) is 24.7. The summed E-state index contributed by atoms with van der Waals surface area (Å²) in [6, 6.07) is 20.4. The second-order valence-electron chi connectivity index (χ2n) is 5.70. The third kappa shape index (κ3) is 3.99. The van der Waals surface area contributed by atoms with Crippen LogP contribution in [-0.2, 0) is 0 Å². The Labute approximate surface area is 150 Å². The molecule has 3 rings (SSSR count). The van der Waals surface area contributed by atoms with Crippen LogP contribution in [0.15, 0.2) is 72.8 Å². The molecule has 0 aliphatic heterocycles. The van der Waals surface area contributed by atoms with Gasteiger partial charge in [-0.1, -0.05) is 18.2 Å². The predicted molar refractivity (Wildman–Crippen MR) is 104 cm³/mol. The van der Waals surface area contributed by atoms with Crippen LogP contribution in [0, 0.1) is 0 Å². The van der Waals surface area contributed by atoms with Crippen molar-refractivity contribution in [3.8, 4) is 0 Å². The van der Waals surface area contributed by atoms with Crippen LogP contribution < -0.4 is 22.1 Å². The normalized spacial score (nSPS) is 10.2. The minimum absolute atomic E-state index is 0.225. The van der Waals surface area contributed by atoms with E-state index in [0.717, 1.165) is 0 Å². The Bertz CT molecular complexity index is 938. The molecule has 6 N–H and O–H groups in total. The van der Waals surface area contributed by atoms with Gasteiger partial charge in [0.25, 0.3) is 11.8 Å². The predicted octanol–water partition coefficient (Wildman–Crippen LogP) is 3.36. The van der Waals surface area contributed by atoms with Gasteiger partial charge in [0, 0.05) is 28.3 Å². The molecule has 0 aliphatic carbocycles. The number of hydrogen-bond donors (Lipinski definition) is 4. The summed E-state index contributed by atoms with van der Waals surface area (Å²) in [6.07, 6.45) is 0. The molecule has 0 saturated heterocycles. The van der Waals surface area contributed by atoms with Gasteiger partial charge in [-0.15, -0.1) is 0 Å². The average Bonchev–Trinajstić information content (AvgIpc) is 2.64. The largest absolute Gasteiger partial charge is 0.399 e. The van der Waals surface area contributed by atoms with Crippen molar-refractivity contribution in [2.75, 3.05) is 22.1 Å². The van der Waals surface area contributed by atoms with E-state index in [0.29, 0.717) is 28.2 Å². The lowest BCUT2D eigenvalue weighted by Crippen LogP contribution is -2.16. The van der Waals surface area contributed by atoms with Crippen molar-refractivity contribution in [2.45, 2.75) is 0 Å². The minimum Gasteiger partial charge on any atom is -0.399 e. The summed E-state index contributed by atoms with van der Waals surface area (Å²) >= 11 is 0. The molecule has 3 aromatic rings. The van der Waals surface area contributed by atoms with E-state index in [2.05, 4.69) is 10.6 Å². The third-order valence-electron chi connectivity index (χ3n) is 3.76. The zero-order valence-electron chi connectivity index (χ0n) is 13.9. The molecule has 26 heavy (non-hydrogen) atoms. The highest BCUT2D eigenvalue weighted by atomic mass is 16.2. The number of hydrogen-bond acceptors (Lipinski definition) is 4. The molecule has 6 heteroatoms. The van der Waals surface area contributed by atoms with Crippen LogP contribution in [0.1, 0.15) is 20.7 Å². The molecule has 0 atom stereocenters. The quantitative estimate of drug-likeness (QED) is 0.543. The Balaban J connectivity index is 1.73. The zero-order chi connectivity index (χ0) is 18.5. The SMILES string of the molecule is Nc1ccc(NC(=O)c2ccc(C(=O)Nc3ccccc3)c(N)c2)cc1. The standard InChI is InChI=1S/C20H18N4O2/c21-14-7-9-16(10-8-14)23-19(25)13-6-11-17(18(22)12-13)20(26)24-15-4-2-1-3-5-15/h1-12H,21-22H2,(H,23,25)(H,24,26). The first kappa shape index (κ1) is 17.0. The van der Waals surface area contributed by atoms with Gasteiger partial charge < -0.3 is 22.1 Å². The zero-order valence-corrected chi connectivity index (χ0v) is 13.9. The fraction of sp³-hybridized carbons (Fsp3) is 0. The van der Waals surface area contributed by atoms with Crippen molar-refractivity contribution >= 4 is 34.6 Å². The van der Waals surface area contributed by atoms with Crippen LogP contribution in [0.4, 0.5) is 22.7 Å². The van der Waals surface area contributed by atoms with Gasteiger partial charge >= 0.3 is 0 Å². The number of nitrogens with two attached hydrogens (primary N) is 2. The number of rotatable bonds is 4. The molecule has 0 heterocycles. The molecule has 0 bridgehead atoms. The Morgan fingerprint density at radius 1 is 0.692 bits per heavy atom. The maximum atomic E-state index is 12.3. The Hall–Kier alpha value is -3.80. The van der Waals surface area contributed by atoms with E-state index in [9.17, 15) is 9.59 Å². The smallest absolute Gasteiger partial charge is 0.257 e. The molecule has 3 aromatic carbocycles. The molecule has 6 nitrogen and oxygen atoms in total. The Kier molecular flexibility index (Phi) is 4.85. The monoisotopic (exact) mass is 346 g/mol. The lowest BCUT2D eigenvalue weighted by molar-refractivity contribution is 0.101. The number of nitrogen functional groups attached to an aromatic ring is 2. The maximum absolute atomic E-state index is 12.3. The number of amides is 2. The first-order valence-electron chi connectivity index (χ1n) is 7.96. The molecule has 0 radical (unpaired) electrons. The second kappa shape index (κ2) is 7.40. The first-order chi connectivity index (χ1) is 12.5. The number of anilines is 4. The Morgan fingerprint density at radius 3 is 1.96 bits per heavy atom. The Morgan fingerprint density at radius 2 is 1.31 bits per heavy atom. The van der Waals surface area contributed by atoms with Gasteiger partial charge in [0.2, 0.25) is 0 Å². The first-order valence-corrected chi connectivity index (χ1v) is 7.96. The third-order valence-corrected chi connectivity index (χ3v) is 3.76. The van der Waals surface area contributed by atoms with Gasteiger partial charge in [-0.05, 0) is 54.6 Å². The molecule has 0 fully saturated rings. The van der Waals surface area contributed by atoms with Crippen LogP contribution in [0.2, 0.25) is 0 Å². The molecule has 0 spiro atoms. The van der Waals surface area contributed by atoms with Gasteiger partial charge in [-0.3, -0.25) is 9.59 Å². The highest BCUT2D eigenvalue weighted by Crippen LogP contribution is 2.18. The van der Waals surface area contributed by atoms with Gasteiger partial charge in [-0.25, -0.2) is 0 Å². The van der Waals surface area contributed by atoms with Crippen LogP contribution in [0.25, 0.3) is 0 Å². The van der Waals surface area contributed by atoms with Gasteiger partial charge in [0.05, 0.1) is 5.56 Å². The van der Waals surface area contributed by atoms with E-state index in [1.54, 1.807) is 42.5 Å². The van der Waals surface area contributed by atoms with Crippen LogP contribution in [0.3, 0.4) is 0 Å². The number of carbonyl (C=O) groups is 2. The van der Waals surface area contributed by atoms with Crippen molar-refractivity contribution in [3.05, 3.63) is 83.9 Å². The van der Waals surface area contributed by atoms with Gasteiger partial charge in [0.1, 0.15) is 0 Å². The number of nitrogens with one attached hydrogen (secondary N) is 2. The van der Waals surface area contributed by atoms with Crippen LogP contribution in [0.5, 0.6) is 0 Å². The maximum Gasteiger partial charge on any atom is 0.257 e. The molecule has 0 saturated carbocycles. The van der Waals surface area contributed by atoms with Crippen molar-refractivity contribution in [2.24, 2.45) is 0 Å². The van der Waals surface area contributed by atoms with E-state index in [4.69, 9.17) is 11.5 Å². The number of para-hydroxylation sites is 1. The van der Waals surface area contributed by atoms with E-state index in [-0.39, 0.29) is 17.5 Å². The minimum atomic E-state index is -0.334. The van der Waals surface area contributed by atoms with E-state index >= 15 is 0 Å². The van der Waals surface area contributed by atoms with Gasteiger partial charge in [-0.2, -0.15) is 0 Å². The van der Waals surface area contributed by atoms with E-state index in [1.165, 1.54) is 12.1 Å². The lowest BCUT2D eigenvalue weighted by atomic mass is 10.1. The lowest BCUT2D eigenvalue weighted by Gasteiger charge is -2.10. The summed E-state index contributed by atoms with van der Waals surface area (Å²) in [6.45, 7) is 0. The van der Waals surface area contributed by atoms with E-state index < -0.39 is 0 Å².